The van der Waals surface area contributed by atoms with Gasteiger partial charge in [-0.05, 0) is 31.5 Å². The molecule has 31 heavy (non-hydrogen) atoms. The number of nitrogens with zero attached hydrogens (tertiary/aromatic N) is 4. The van der Waals surface area contributed by atoms with E-state index >= 15 is 0 Å². The molecule has 0 aliphatic carbocycles. The van der Waals surface area contributed by atoms with Gasteiger partial charge < -0.3 is 14.1 Å². The Morgan fingerprint density at radius 2 is 2.00 bits per heavy atom. The highest BCUT2D eigenvalue weighted by molar-refractivity contribution is 8.26. The maximum Gasteiger partial charge on any atom is 0.266 e. The molecule has 2 fully saturated rings. The zero-order chi connectivity index (χ0) is 22.1. The summed E-state index contributed by atoms with van der Waals surface area (Å²) < 4.78 is 25.1. The summed E-state index contributed by atoms with van der Waals surface area (Å²) in [6.45, 7) is 5.31. The first-order valence-corrected chi connectivity index (χ1v) is 10.9. The van der Waals surface area contributed by atoms with E-state index < -0.39 is 0 Å². The van der Waals surface area contributed by atoms with Gasteiger partial charge in [0.1, 0.15) is 16.2 Å². The predicted molar refractivity (Wildman–Crippen MR) is 119 cm³/mol. The van der Waals surface area contributed by atoms with Gasteiger partial charge >= 0.3 is 0 Å². The molecule has 2 aliphatic rings. The van der Waals surface area contributed by atoms with Crippen molar-refractivity contribution in [2.24, 2.45) is 0 Å². The fraction of sp³-hybridized carbons (Fsp3) is 0.333. The average Bonchev–Trinajstić information content (AvgIpc) is 3.25. The van der Waals surface area contributed by atoms with Gasteiger partial charge in [0.05, 0.1) is 23.7 Å². The molecule has 160 valence electrons. The first-order valence-electron chi connectivity index (χ1n) is 9.65. The minimum absolute atomic E-state index is 0.00782. The van der Waals surface area contributed by atoms with E-state index in [0.717, 1.165) is 17.3 Å². The van der Waals surface area contributed by atoms with Crippen LogP contribution >= 0.6 is 24.0 Å². The summed E-state index contributed by atoms with van der Waals surface area (Å²) in [5.41, 5.74) is 0.925. The second-order valence-electron chi connectivity index (χ2n) is 7.37. The van der Waals surface area contributed by atoms with Gasteiger partial charge in [-0.3, -0.25) is 9.69 Å². The lowest BCUT2D eigenvalue weighted by Gasteiger charge is -2.34. The molecule has 2 aliphatic heterocycles. The summed E-state index contributed by atoms with van der Waals surface area (Å²) in [6, 6.07) is 7.97. The molecular weight excluding hydrogens is 439 g/mol. The van der Waals surface area contributed by atoms with Crippen LogP contribution in [0.1, 0.15) is 31.0 Å². The summed E-state index contributed by atoms with van der Waals surface area (Å²) >= 11 is 6.48. The van der Waals surface area contributed by atoms with E-state index in [1.165, 1.54) is 23.1 Å². The minimum atomic E-state index is -0.342. The Morgan fingerprint density at radius 3 is 2.65 bits per heavy atom. The summed E-state index contributed by atoms with van der Waals surface area (Å²) in [7, 11) is 0. The predicted octanol–water partition coefficient (Wildman–Crippen LogP) is 3.70. The Balaban J connectivity index is 1.55. The molecule has 10 heteroatoms. The van der Waals surface area contributed by atoms with Gasteiger partial charge in [0, 0.05) is 19.2 Å². The third kappa shape index (κ3) is 4.63. The highest BCUT2D eigenvalue weighted by Gasteiger charge is 2.33. The molecule has 3 heterocycles. The molecule has 0 radical (unpaired) electrons. The van der Waals surface area contributed by atoms with E-state index in [9.17, 15) is 14.4 Å². The first kappa shape index (κ1) is 21.5. The molecule has 1 aromatic carbocycles. The molecule has 2 atom stereocenters. The number of morpholine rings is 1. The van der Waals surface area contributed by atoms with Crippen LogP contribution in [0.3, 0.4) is 0 Å². The van der Waals surface area contributed by atoms with E-state index in [2.05, 4.69) is 11.1 Å². The van der Waals surface area contributed by atoms with E-state index in [0.29, 0.717) is 28.2 Å². The van der Waals surface area contributed by atoms with E-state index in [4.69, 9.17) is 21.4 Å². The topological polar surface area (TPSA) is 82.6 Å². The van der Waals surface area contributed by atoms with Crippen LogP contribution in [0.2, 0.25) is 0 Å². The van der Waals surface area contributed by atoms with Crippen LogP contribution < -0.4 is 4.90 Å². The zero-order valence-corrected chi connectivity index (χ0v) is 18.5. The van der Waals surface area contributed by atoms with Crippen LogP contribution in [-0.4, -0.2) is 45.4 Å². The van der Waals surface area contributed by atoms with Crippen LogP contribution in [0, 0.1) is 17.1 Å². The summed E-state index contributed by atoms with van der Waals surface area (Å²) in [4.78, 5) is 20.8. The van der Waals surface area contributed by atoms with Crippen LogP contribution in [0.5, 0.6) is 0 Å². The molecule has 0 saturated carbocycles. The van der Waals surface area contributed by atoms with Gasteiger partial charge in [-0.15, -0.1) is 0 Å². The van der Waals surface area contributed by atoms with Crippen molar-refractivity contribution in [2.75, 3.05) is 18.0 Å². The van der Waals surface area contributed by atoms with Crippen molar-refractivity contribution in [2.45, 2.75) is 32.6 Å². The van der Waals surface area contributed by atoms with E-state index in [1.807, 2.05) is 18.7 Å². The normalized spacial score (nSPS) is 23.0. The molecule has 2 saturated heterocycles. The molecule has 7 nitrogen and oxygen atoms in total. The molecule has 0 N–H and O–H groups in total. The maximum absolute atomic E-state index is 13.1. The van der Waals surface area contributed by atoms with Gasteiger partial charge in [-0.2, -0.15) is 10.2 Å². The van der Waals surface area contributed by atoms with Crippen molar-refractivity contribution >= 4 is 46.2 Å². The van der Waals surface area contributed by atoms with Gasteiger partial charge in [0.2, 0.25) is 17.5 Å². The molecule has 4 rings (SSSR count). The van der Waals surface area contributed by atoms with Crippen LogP contribution in [0.25, 0.3) is 6.08 Å². The monoisotopic (exact) mass is 458 g/mol. The number of anilines is 1. The molecule has 2 aromatic rings. The van der Waals surface area contributed by atoms with Crippen molar-refractivity contribution in [1.82, 2.24) is 9.88 Å². The van der Waals surface area contributed by atoms with Gasteiger partial charge in [0.15, 0.2) is 0 Å². The third-order valence-electron chi connectivity index (χ3n) is 4.82. The van der Waals surface area contributed by atoms with Crippen LogP contribution in [-0.2, 0) is 16.1 Å². The Labute approximate surface area is 188 Å². The number of amides is 1. The molecule has 0 unspecified atom stereocenters. The lowest BCUT2D eigenvalue weighted by molar-refractivity contribution is -0.122. The summed E-state index contributed by atoms with van der Waals surface area (Å²) in [5, 5.41) is 9.50. The molecule has 1 aromatic heterocycles. The Kier molecular flexibility index (Phi) is 6.09. The largest absolute Gasteiger partial charge is 0.420 e. The van der Waals surface area contributed by atoms with Gasteiger partial charge in [-0.25, -0.2) is 4.39 Å². The van der Waals surface area contributed by atoms with E-state index in [1.54, 1.807) is 12.1 Å². The van der Waals surface area contributed by atoms with Crippen LogP contribution in [0.4, 0.5) is 10.3 Å². The molecule has 0 spiro atoms. The number of rotatable bonds is 4. The second kappa shape index (κ2) is 8.78. The Morgan fingerprint density at radius 1 is 1.32 bits per heavy atom. The number of oxazole rings is 1. The lowest BCUT2D eigenvalue weighted by Crippen LogP contribution is -2.45. The quantitative estimate of drug-likeness (QED) is 0.507. The Bertz CT molecular complexity index is 1080. The number of thioether (sulfide) groups is 1. The van der Waals surface area contributed by atoms with Gasteiger partial charge in [0.25, 0.3) is 5.91 Å². The van der Waals surface area contributed by atoms with Crippen LogP contribution in [0.15, 0.2) is 33.6 Å². The number of halogens is 1. The van der Waals surface area contributed by atoms with Crippen molar-refractivity contribution in [1.29, 1.82) is 5.26 Å². The number of aromatic nitrogens is 1. The second-order valence-corrected chi connectivity index (χ2v) is 9.05. The fourth-order valence-corrected chi connectivity index (χ4v) is 4.76. The number of hydrogen-bond donors (Lipinski definition) is 0. The summed E-state index contributed by atoms with van der Waals surface area (Å²) in [6.07, 6.45) is 1.49. The number of thiocarbonyl (C=S) groups is 1. The van der Waals surface area contributed by atoms with E-state index in [-0.39, 0.29) is 42.1 Å². The third-order valence-corrected chi connectivity index (χ3v) is 6.20. The smallest absolute Gasteiger partial charge is 0.266 e. The van der Waals surface area contributed by atoms with Crippen molar-refractivity contribution in [3.63, 3.8) is 0 Å². The average molecular weight is 459 g/mol. The lowest BCUT2D eigenvalue weighted by atomic mass is 10.2. The number of hydrogen-bond acceptors (Lipinski definition) is 8. The zero-order valence-electron chi connectivity index (χ0n) is 16.9. The minimum Gasteiger partial charge on any atom is -0.420 e. The van der Waals surface area contributed by atoms with Crippen molar-refractivity contribution < 1.29 is 18.3 Å². The first-order chi connectivity index (χ1) is 14.8. The number of carbonyl (C=O) groups is 1. The maximum atomic E-state index is 13.1. The molecule has 1 amide bonds. The fourth-order valence-electron chi connectivity index (χ4n) is 3.54. The highest BCUT2D eigenvalue weighted by Crippen LogP contribution is 2.34. The standard InChI is InChI=1S/C21H19FN4O3S2/c1-12-9-25(10-13(2)28-12)20-16(8-23)24-18(29-20)7-17-19(27)26(21(30)31-17)11-14-3-5-15(22)6-4-14/h3-7,12-13H,9-11H2,1-2H3/b17-7+/t12-,13+. The number of ether oxygens (including phenoxy) is 1. The number of benzene rings is 1. The number of nitriles is 1. The molecular formula is C21H19FN4O3S2. The Hall–Kier alpha value is -2.74. The van der Waals surface area contributed by atoms with Crippen molar-refractivity contribution in [3.8, 4) is 6.07 Å². The van der Waals surface area contributed by atoms with Crippen molar-refractivity contribution in [3.05, 3.63) is 52.1 Å². The number of carbonyl (C=O) groups excluding carboxylic acids is 1. The van der Waals surface area contributed by atoms with Gasteiger partial charge in [-0.1, -0.05) is 36.1 Å². The highest BCUT2D eigenvalue weighted by atomic mass is 32.2. The summed E-state index contributed by atoms with van der Waals surface area (Å²) in [5.74, 6) is -0.0875. The molecule has 0 bridgehead atoms. The SMILES string of the molecule is C[C@@H]1CN(c2oc(/C=C3/SC(=S)N(Cc4ccc(F)cc4)C3=O)nc2C#N)C[C@H](C)O1.